The Morgan fingerprint density at radius 2 is 1.85 bits per heavy atom. The minimum atomic E-state index is -3.88. The van der Waals surface area contributed by atoms with Crippen molar-refractivity contribution in [1.29, 1.82) is 0 Å². The van der Waals surface area contributed by atoms with Crippen LogP contribution in [0.15, 0.2) is 47.4 Å². The Bertz CT molecular complexity index is 935. The maximum absolute atomic E-state index is 12.8. The topological polar surface area (TPSA) is 118 Å². The van der Waals surface area contributed by atoms with Crippen LogP contribution in [0.5, 0.6) is 0 Å². The Labute approximate surface area is 153 Å². The molecule has 2 rings (SSSR count). The zero-order chi connectivity index (χ0) is 19.3. The fraction of sp³-hybridized carbons (Fsp3) is 0.133. The molecule has 0 heterocycles. The van der Waals surface area contributed by atoms with Crippen LogP contribution in [0.3, 0.4) is 0 Å². The molecule has 0 spiro atoms. The molecule has 2 aromatic carbocycles. The Morgan fingerprint density at radius 1 is 1.19 bits per heavy atom. The maximum atomic E-state index is 12.8. The highest BCUT2D eigenvalue weighted by Gasteiger charge is 2.15. The van der Waals surface area contributed by atoms with Crippen molar-refractivity contribution in [1.82, 2.24) is 4.72 Å². The van der Waals surface area contributed by atoms with Gasteiger partial charge in [-0.3, -0.25) is 14.9 Å². The number of sulfonamides is 1. The maximum Gasteiger partial charge on any atom is 0.271 e. The number of non-ortho nitro benzene ring substituents is 1. The molecule has 0 aliphatic rings. The highest BCUT2D eigenvalue weighted by atomic mass is 35.5. The Hall–Kier alpha value is -2.56. The van der Waals surface area contributed by atoms with Crippen molar-refractivity contribution in [2.24, 2.45) is 0 Å². The fourth-order valence-electron chi connectivity index (χ4n) is 1.93. The van der Waals surface area contributed by atoms with E-state index in [-0.39, 0.29) is 34.3 Å². The number of nitro groups is 1. The van der Waals surface area contributed by atoms with Crippen LogP contribution in [0.2, 0.25) is 5.02 Å². The van der Waals surface area contributed by atoms with E-state index in [0.717, 1.165) is 30.3 Å². The number of nitrogens with zero attached hydrogens (tertiary/aromatic N) is 1. The number of nitro benzene ring substituents is 1. The van der Waals surface area contributed by atoms with E-state index in [1.807, 2.05) is 0 Å². The first-order valence-corrected chi connectivity index (χ1v) is 9.04. The van der Waals surface area contributed by atoms with E-state index < -0.39 is 26.7 Å². The second kappa shape index (κ2) is 8.21. The Balaban J connectivity index is 1.94. The summed E-state index contributed by atoms with van der Waals surface area (Å²) in [5.41, 5.74) is -0.200. The molecule has 11 heteroatoms. The van der Waals surface area contributed by atoms with Gasteiger partial charge in [-0.25, -0.2) is 17.5 Å². The number of halogens is 2. The molecule has 0 aromatic heterocycles. The summed E-state index contributed by atoms with van der Waals surface area (Å²) in [6, 6.07) is 7.77. The highest BCUT2D eigenvalue weighted by molar-refractivity contribution is 7.89. The van der Waals surface area contributed by atoms with E-state index >= 15 is 0 Å². The lowest BCUT2D eigenvalue weighted by molar-refractivity contribution is -0.384. The van der Waals surface area contributed by atoms with Crippen LogP contribution in [0.25, 0.3) is 0 Å². The zero-order valence-corrected chi connectivity index (χ0v) is 14.7. The SMILES string of the molecule is O=C(CCNS(=O)(=O)c1ccc(F)cc1)Nc1cc([N+](=O)[O-])ccc1Cl. The number of carbonyl (C=O) groups excluding carboxylic acids is 1. The van der Waals surface area contributed by atoms with E-state index in [9.17, 15) is 27.7 Å². The van der Waals surface area contributed by atoms with E-state index in [2.05, 4.69) is 10.0 Å². The van der Waals surface area contributed by atoms with Gasteiger partial charge in [0.15, 0.2) is 0 Å². The second-order valence-electron chi connectivity index (χ2n) is 5.07. The van der Waals surface area contributed by atoms with Crippen LogP contribution >= 0.6 is 11.6 Å². The number of anilines is 1. The molecule has 2 aromatic rings. The molecular weight excluding hydrogens is 389 g/mol. The fourth-order valence-corrected chi connectivity index (χ4v) is 3.13. The molecule has 0 aliphatic heterocycles. The molecule has 26 heavy (non-hydrogen) atoms. The average molecular weight is 402 g/mol. The van der Waals surface area contributed by atoms with Crippen LogP contribution in [0.1, 0.15) is 6.42 Å². The molecule has 0 saturated heterocycles. The lowest BCUT2D eigenvalue weighted by atomic mass is 10.2. The zero-order valence-electron chi connectivity index (χ0n) is 13.1. The molecule has 0 saturated carbocycles. The van der Waals surface area contributed by atoms with Gasteiger partial charge >= 0.3 is 0 Å². The van der Waals surface area contributed by atoms with Crippen LogP contribution in [0.4, 0.5) is 15.8 Å². The Kier molecular flexibility index (Phi) is 6.24. The number of hydrogen-bond donors (Lipinski definition) is 2. The number of nitrogens with one attached hydrogen (secondary N) is 2. The van der Waals surface area contributed by atoms with Crippen molar-refractivity contribution in [3.05, 3.63) is 63.4 Å². The van der Waals surface area contributed by atoms with Gasteiger partial charge in [0.2, 0.25) is 15.9 Å². The van der Waals surface area contributed by atoms with Crippen molar-refractivity contribution in [3.8, 4) is 0 Å². The molecule has 8 nitrogen and oxygen atoms in total. The van der Waals surface area contributed by atoms with Gasteiger partial charge in [-0.05, 0) is 30.3 Å². The predicted octanol–water partition coefficient (Wildman–Crippen LogP) is 2.69. The van der Waals surface area contributed by atoms with Gasteiger partial charge in [-0.15, -0.1) is 0 Å². The largest absolute Gasteiger partial charge is 0.325 e. The molecule has 0 radical (unpaired) electrons. The first-order chi connectivity index (χ1) is 12.2. The normalized spacial score (nSPS) is 11.2. The van der Waals surface area contributed by atoms with Crippen LogP contribution in [0, 0.1) is 15.9 Å². The lowest BCUT2D eigenvalue weighted by Crippen LogP contribution is -2.27. The number of carbonyl (C=O) groups is 1. The summed E-state index contributed by atoms with van der Waals surface area (Å²) < 4.78 is 39.0. The molecule has 0 atom stereocenters. The molecule has 2 N–H and O–H groups in total. The van der Waals surface area contributed by atoms with Crippen molar-refractivity contribution in [2.75, 3.05) is 11.9 Å². The van der Waals surface area contributed by atoms with Crippen molar-refractivity contribution >= 4 is 38.9 Å². The van der Waals surface area contributed by atoms with Crippen LogP contribution in [-0.2, 0) is 14.8 Å². The number of hydrogen-bond acceptors (Lipinski definition) is 5. The average Bonchev–Trinajstić information content (AvgIpc) is 2.57. The van der Waals surface area contributed by atoms with E-state index in [1.54, 1.807) is 0 Å². The Morgan fingerprint density at radius 3 is 2.46 bits per heavy atom. The number of rotatable bonds is 7. The van der Waals surface area contributed by atoms with Gasteiger partial charge < -0.3 is 5.32 Å². The first kappa shape index (κ1) is 19.8. The second-order valence-corrected chi connectivity index (χ2v) is 7.25. The molecule has 1 amide bonds. The number of benzene rings is 2. The van der Waals surface area contributed by atoms with Crippen molar-refractivity contribution in [2.45, 2.75) is 11.3 Å². The number of amides is 1. The predicted molar refractivity (Wildman–Crippen MR) is 92.9 cm³/mol. The van der Waals surface area contributed by atoms with Gasteiger partial charge in [-0.1, -0.05) is 11.6 Å². The summed E-state index contributed by atoms with van der Waals surface area (Å²) in [6.07, 6.45) is -0.237. The first-order valence-electron chi connectivity index (χ1n) is 7.18. The van der Waals surface area contributed by atoms with Gasteiger partial charge in [0.25, 0.3) is 5.69 Å². The van der Waals surface area contributed by atoms with E-state index in [4.69, 9.17) is 11.6 Å². The summed E-state index contributed by atoms with van der Waals surface area (Å²) >= 11 is 5.86. The third-order valence-corrected chi connectivity index (χ3v) is 5.01. The standard InChI is InChI=1S/C15H13ClFN3O5S/c16-13-6-3-11(20(22)23)9-14(13)19-15(21)7-8-18-26(24,25)12-4-1-10(17)2-5-12/h1-6,9,18H,7-8H2,(H,19,21). The molecular formula is C15H13ClFN3O5S. The lowest BCUT2D eigenvalue weighted by Gasteiger charge is -2.09. The summed E-state index contributed by atoms with van der Waals surface area (Å²) in [7, 11) is -3.88. The molecule has 0 fully saturated rings. The summed E-state index contributed by atoms with van der Waals surface area (Å²) in [5, 5.41) is 13.2. The molecule has 0 aliphatic carbocycles. The van der Waals surface area contributed by atoms with Crippen LogP contribution < -0.4 is 10.0 Å². The van der Waals surface area contributed by atoms with E-state index in [1.165, 1.54) is 12.1 Å². The third kappa shape index (κ3) is 5.22. The summed E-state index contributed by atoms with van der Waals surface area (Å²) in [5.74, 6) is -1.16. The van der Waals surface area contributed by atoms with Crippen LogP contribution in [-0.4, -0.2) is 25.8 Å². The summed E-state index contributed by atoms with van der Waals surface area (Å²) in [6.45, 7) is -0.224. The van der Waals surface area contributed by atoms with E-state index in [0.29, 0.717) is 0 Å². The third-order valence-electron chi connectivity index (χ3n) is 3.20. The van der Waals surface area contributed by atoms with Crippen molar-refractivity contribution < 1.29 is 22.5 Å². The summed E-state index contributed by atoms with van der Waals surface area (Å²) in [4.78, 5) is 21.9. The van der Waals surface area contributed by atoms with Gasteiger partial charge in [0.05, 0.1) is 20.5 Å². The van der Waals surface area contributed by atoms with Gasteiger partial charge in [-0.2, -0.15) is 0 Å². The van der Waals surface area contributed by atoms with Gasteiger partial charge in [0, 0.05) is 25.1 Å². The smallest absolute Gasteiger partial charge is 0.271 e. The minimum absolute atomic E-state index is 0.0484. The quantitative estimate of drug-likeness (QED) is 0.546. The molecule has 138 valence electrons. The highest BCUT2D eigenvalue weighted by Crippen LogP contribution is 2.26. The minimum Gasteiger partial charge on any atom is -0.325 e. The van der Waals surface area contributed by atoms with Crippen molar-refractivity contribution in [3.63, 3.8) is 0 Å². The molecule has 0 unspecified atom stereocenters. The monoisotopic (exact) mass is 401 g/mol. The molecule has 0 bridgehead atoms. The van der Waals surface area contributed by atoms with Gasteiger partial charge in [0.1, 0.15) is 5.82 Å².